The van der Waals surface area contributed by atoms with Crippen molar-refractivity contribution in [1.29, 1.82) is 0 Å². The fraction of sp³-hybridized carbons (Fsp3) is 0.611. The van der Waals surface area contributed by atoms with Crippen LogP contribution in [0.3, 0.4) is 0 Å². The van der Waals surface area contributed by atoms with Gasteiger partial charge in [0.05, 0.1) is 13.2 Å². The second-order valence-corrected chi connectivity index (χ2v) is 7.59. The van der Waals surface area contributed by atoms with Gasteiger partial charge in [-0.05, 0) is 26.0 Å². The van der Waals surface area contributed by atoms with Crippen molar-refractivity contribution in [2.75, 3.05) is 52.2 Å². The molecule has 0 aliphatic carbocycles. The summed E-state index contributed by atoms with van der Waals surface area (Å²) >= 11 is 1.85. The molecule has 0 aromatic heterocycles. The number of aliphatic imine (C=N–C) groups is 1. The van der Waals surface area contributed by atoms with Gasteiger partial charge in [-0.2, -0.15) is 0 Å². The van der Waals surface area contributed by atoms with Crippen LogP contribution in [0.2, 0.25) is 0 Å². The zero-order valence-corrected chi connectivity index (χ0v) is 15.9. The Hall–Kier alpha value is -1.24. The van der Waals surface area contributed by atoms with Crippen LogP contribution in [0.25, 0.3) is 0 Å². The van der Waals surface area contributed by atoms with E-state index in [1.807, 2.05) is 24.9 Å². The molecule has 1 heterocycles. The number of morpholine rings is 1. The zero-order valence-electron chi connectivity index (χ0n) is 15.0. The van der Waals surface area contributed by atoms with Crippen molar-refractivity contribution in [3.63, 3.8) is 0 Å². The van der Waals surface area contributed by atoms with E-state index in [0.29, 0.717) is 0 Å². The highest BCUT2D eigenvalue weighted by molar-refractivity contribution is 7.99. The molecule has 1 aromatic rings. The Morgan fingerprint density at radius 3 is 2.58 bits per heavy atom. The van der Waals surface area contributed by atoms with Crippen LogP contribution in [0.15, 0.2) is 40.2 Å². The first-order chi connectivity index (χ1) is 11.6. The van der Waals surface area contributed by atoms with Gasteiger partial charge in [0.15, 0.2) is 5.96 Å². The van der Waals surface area contributed by atoms with Crippen molar-refractivity contribution in [3.05, 3.63) is 30.3 Å². The number of ether oxygens (including phenoxy) is 1. The van der Waals surface area contributed by atoms with Crippen molar-refractivity contribution >= 4 is 17.7 Å². The van der Waals surface area contributed by atoms with Crippen LogP contribution in [0.4, 0.5) is 0 Å². The minimum absolute atomic E-state index is 0.0835. The summed E-state index contributed by atoms with van der Waals surface area (Å²) in [5, 5.41) is 6.84. The Bertz CT molecular complexity index is 501. The van der Waals surface area contributed by atoms with Crippen LogP contribution in [0.1, 0.15) is 13.8 Å². The summed E-state index contributed by atoms with van der Waals surface area (Å²) in [6.45, 7) is 9.92. The van der Waals surface area contributed by atoms with E-state index in [0.717, 1.165) is 51.1 Å². The first-order valence-electron chi connectivity index (χ1n) is 8.57. The quantitative estimate of drug-likeness (QED) is 0.341. The minimum Gasteiger partial charge on any atom is -0.379 e. The van der Waals surface area contributed by atoms with E-state index in [1.165, 1.54) is 4.90 Å². The number of rotatable bonds is 7. The molecule has 1 fully saturated rings. The second-order valence-electron chi connectivity index (χ2n) is 6.43. The van der Waals surface area contributed by atoms with Crippen molar-refractivity contribution in [3.8, 4) is 0 Å². The predicted molar refractivity (Wildman–Crippen MR) is 103 cm³/mol. The third kappa shape index (κ3) is 6.34. The summed E-state index contributed by atoms with van der Waals surface area (Å²) in [7, 11) is 1.82. The topological polar surface area (TPSA) is 48.9 Å². The lowest BCUT2D eigenvalue weighted by Crippen LogP contribution is -2.56. The number of hydrogen-bond acceptors (Lipinski definition) is 4. The molecule has 0 bridgehead atoms. The Labute approximate surface area is 150 Å². The molecule has 1 aliphatic heterocycles. The van der Waals surface area contributed by atoms with Gasteiger partial charge >= 0.3 is 0 Å². The van der Waals surface area contributed by atoms with Crippen LogP contribution in [0, 0.1) is 0 Å². The highest BCUT2D eigenvalue weighted by Gasteiger charge is 2.28. The van der Waals surface area contributed by atoms with E-state index < -0.39 is 0 Å². The van der Waals surface area contributed by atoms with E-state index in [2.05, 4.69) is 58.6 Å². The van der Waals surface area contributed by atoms with Gasteiger partial charge in [0.1, 0.15) is 0 Å². The van der Waals surface area contributed by atoms with Crippen LogP contribution in [-0.4, -0.2) is 68.6 Å². The van der Waals surface area contributed by atoms with Crippen molar-refractivity contribution in [2.24, 2.45) is 4.99 Å². The lowest BCUT2D eigenvalue weighted by Gasteiger charge is -2.41. The SMILES string of the molecule is CN=C(NCCSc1ccccc1)NCC(C)(C)N1CCOCC1. The largest absolute Gasteiger partial charge is 0.379 e. The van der Waals surface area contributed by atoms with Gasteiger partial charge in [0.25, 0.3) is 0 Å². The van der Waals surface area contributed by atoms with E-state index in [1.54, 1.807) is 0 Å². The smallest absolute Gasteiger partial charge is 0.191 e. The Balaban J connectivity index is 1.68. The average molecular weight is 351 g/mol. The molecule has 1 aliphatic rings. The maximum Gasteiger partial charge on any atom is 0.191 e. The molecule has 5 nitrogen and oxygen atoms in total. The number of benzene rings is 1. The normalized spacial score (nSPS) is 16.9. The molecule has 2 N–H and O–H groups in total. The van der Waals surface area contributed by atoms with E-state index in [-0.39, 0.29) is 5.54 Å². The monoisotopic (exact) mass is 350 g/mol. The van der Waals surface area contributed by atoms with Crippen molar-refractivity contribution in [1.82, 2.24) is 15.5 Å². The predicted octanol–water partition coefficient (Wildman–Crippen LogP) is 2.05. The molecule has 0 saturated carbocycles. The molecule has 24 heavy (non-hydrogen) atoms. The lowest BCUT2D eigenvalue weighted by molar-refractivity contribution is -0.00833. The summed E-state index contributed by atoms with van der Waals surface area (Å²) < 4.78 is 5.44. The fourth-order valence-corrected chi connectivity index (χ4v) is 3.45. The molecule has 2 rings (SSSR count). The first kappa shape index (κ1) is 19.1. The molecule has 0 radical (unpaired) electrons. The number of guanidine groups is 1. The Kier molecular flexibility index (Phi) is 7.88. The first-order valence-corrected chi connectivity index (χ1v) is 9.55. The van der Waals surface area contributed by atoms with Crippen molar-refractivity contribution < 1.29 is 4.74 Å². The van der Waals surface area contributed by atoms with Gasteiger partial charge in [0, 0.05) is 49.4 Å². The summed E-state index contributed by atoms with van der Waals surface area (Å²) in [5.41, 5.74) is 0.0835. The third-order valence-corrected chi connectivity index (χ3v) is 5.20. The Morgan fingerprint density at radius 1 is 1.21 bits per heavy atom. The molecule has 1 saturated heterocycles. The number of nitrogens with zero attached hydrogens (tertiary/aromatic N) is 2. The van der Waals surface area contributed by atoms with Gasteiger partial charge in [0.2, 0.25) is 0 Å². The fourth-order valence-electron chi connectivity index (χ4n) is 2.66. The molecule has 0 unspecified atom stereocenters. The molecule has 0 spiro atoms. The summed E-state index contributed by atoms with van der Waals surface area (Å²) in [6, 6.07) is 10.5. The maximum absolute atomic E-state index is 5.44. The molecule has 0 amide bonds. The van der Waals surface area contributed by atoms with E-state index in [4.69, 9.17) is 4.74 Å². The molecule has 1 aromatic carbocycles. The van der Waals surface area contributed by atoms with Crippen LogP contribution in [-0.2, 0) is 4.74 Å². The van der Waals surface area contributed by atoms with E-state index in [9.17, 15) is 0 Å². The van der Waals surface area contributed by atoms with Gasteiger partial charge in [-0.25, -0.2) is 0 Å². The van der Waals surface area contributed by atoms with Gasteiger partial charge in [-0.15, -0.1) is 11.8 Å². The summed E-state index contributed by atoms with van der Waals surface area (Å²) in [6.07, 6.45) is 0. The van der Waals surface area contributed by atoms with Crippen LogP contribution < -0.4 is 10.6 Å². The number of nitrogens with one attached hydrogen (secondary N) is 2. The molecule has 6 heteroatoms. The van der Waals surface area contributed by atoms with Crippen LogP contribution >= 0.6 is 11.8 Å². The highest BCUT2D eigenvalue weighted by Crippen LogP contribution is 2.16. The van der Waals surface area contributed by atoms with E-state index >= 15 is 0 Å². The summed E-state index contributed by atoms with van der Waals surface area (Å²) in [4.78, 5) is 8.10. The lowest BCUT2D eigenvalue weighted by atomic mass is 10.0. The molecular formula is C18H30N4OS. The zero-order chi connectivity index (χ0) is 17.3. The van der Waals surface area contributed by atoms with Gasteiger partial charge in [-0.1, -0.05) is 18.2 Å². The Morgan fingerprint density at radius 2 is 1.92 bits per heavy atom. The number of thioether (sulfide) groups is 1. The van der Waals surface area contributed by atoms with Crippen LogP contribution in [0.5, 0.6) is 0 Å². The standard InChI is InChI=1S/C18H30N4OS/c1-18(2,22-10-12-23-13-11-22)15-21-17(19-3)20-9-14-24-16-7-5-4-6-8-16/h4-8H,9-15H2,1-3H3,(H2,19,20,21). The minimum atomic E-state index is 0.0835. The molecular weight excluding hydrogens is 320 g/mol. The maximum atomic E-state index is 5.44. The van der Waals surface area contributed by atoms with Gasteiger partial charge < -0.3 is 15.4 Å². The summed E-state index contributed by atoms with van der Waals surface area (Å²) in [5.74, 6) is 1.88. The van der Waals surface area contributed by atoms with Gasteiger partial charge in [-0.3, -0.25) is 9.89 Å². The highest BCUT2D eigenvalue weighted by atomic mass is 32.2. The second kappa shape index (κ2) is 9.91. The molecule has 134 valence electrons. The average Bonchev–Trinajstić information content (AvgIpc) is 2.63. The number of hydrogen-bond donors (Lipinski definition) is 2. The third-order valence-electron chi connectivity index (χ3n) is 4.19. The van der Waals surface area contributed by atoms with Crippen molar-refractivity contribution in [2.45, 2.75) is 24.3 Å². The molecule has 0 atom stereocenters.